The summed E-state index contributed by atoms with van der Waals surface area (Å²) in [5, 5.41) is 4.47. The average Bonchev–Trinajstić information content (AvgIpc) is 2.24. The minimum atomic E-state index is 0.338. The molecule has 0 heterocycles. The van der Waals surface area contributed by atoms with Gasteiger partial charge in [-0.25, -0.2) is 0 Å². The second-order valence-electron chi connectivity index (χ2n) is 6.36. The Labute approximate surface area is 97.9 Å². The second kappa shape index (κ2) is 3.73. The van der Waals surface area contributed by atoms with Crippen molar-refractivity contribution < 1.29 is 0 Å². The molecule has 0 aromatic rings. The van der Waals surface area contributed by atoms with Gasteiger partial charge in [0.2, 0.25) is 0 Å². The summed E-state index contributed by atoms with van der Waals surface area (Å²) in [5.74, 6) is 2.94. The van der Waals surface area contributed by atoms with Crippen molar-refractivity contribution in [2.75, 3.05) is 6.54 Å². The number of rotatable bonds is 3. The molecule has 4 fully saturated rings. The van der Waals surface area contributed by atoms with Gasteiger partial charge in [0.05, 0.1) is 5.54 Å². The molecule has 16 heavy (non-hydrogen) atoms. The van der Waals surface area contributed by atoms with Crippen molar-refractivity contribution in [1.82, 2.24) is 5.43 Å². The van der Waals surface area contributed by atoms with Crippen LogP contribution >= 0.6 is 0 Å². The molecule has 0 aliphatic heterocycles. The molecule has 0 amide bonds. The van der Waals surface area contributed by atoms with Gasteiger partial charge in [-0.1, -0.05) is 0 Å². The Morgan fingerprint density at radius 2 is 1.69 bits per heavy atom. The van der Waals surface area contributed by atoms with Gasteiger partial charge in [0.25, 0.3) is 0 Å². The zero-order valence-corrected chi connectivity index (χ0v) is 10.2. The van der Waals surface area contributed by atoms with E-state index in [2.05, 4.69) is 10.5 Å². The molecule has 0 saturated heterocycles. The van der Waals surface area contributed by atoms with Crippen LogP contribution in [-0.4, -0.2) is 17.8 Å². The topological polar surface area (TPSA) is 50.4 Å². The molecule has 0 unspecified atom stereocenters. The smallest absolute Gasteiger partial charge is 0.0556 e. The maximum atomic E-state index is 5.58. The number of hydrogen-bond acceptors (Lipinski definition) is 3. The van der Waals surface area contributed by atoms with Gasteiger partial charge < -0.3 is 11.2 Å². The fourth-order valence-corrected chi connectivity index (χ4v) is 4.51. The molecule has 0 aromatic carbocycles. The van der Waals surface area contributed by atoms with Gasteiger partial charge >= 0.3 is 0 Å². The lowest BCUT2D eigenvalue weighted by molar-refractivity contribution is -0.0191. The zero-order valence-electron chi connectivity index (χ0n) is 10.2. The Kier molecular flexibility index (Phi) is 2.46. The minimum absolute atomic E-state index is 0.338. The normalized spacial score (nSPS) is 46.1. The summed E-state index contributed by atoms with van der Waals surface area (Å²) in [6.45, 7) is 2.58. The summed E-state index contributed by atoms with van der Waals surface area (Å²) in [7, 11) is 0. The Morgan fingerprint density at radius 3 is 2.12 bits per heavy atom. The first kappa shape index (κ1) is 10.6. The zero-order chi connectivity index (χ0) is 11.2. The summed E-state index contributed by atoms with van der Waals surface area (Å²) in [5.41, 5.74) is 10.4. The molecule has 3 nitrogen and oxygen atoms in total. The van der Waals surface area contributed by atoms with Crippen LogP contribution in [0, 0.1) is 17.8 Å². The van der Waals surface area contributed by atoms with Gasteiger partial charge in [0, 0.05) is 12.3 Å². The van der Waals surface area contributed by atoms with Crippen LogP contribution in [0.1, 0.15) is 45.4 Å². The SMILES string of the molecule is C/C(CN)=N/NC12CC3CC(CC(C3)C1)C2. The second-order valence-corrected chi connectivity index (χ2v) is 6.36. The molecule has 90 valence electrons. The van der Waals surface area contributed by atoms with Gasteiger partial charge in [-0.05, 0) is 63.2 Å². The van der Waals surface area contributed by atoms with Gasteiger partial charge in [0.15, 0.2) is 0 Å². The van der Waals surface area contributed by atoms with E-state index in [0.717, 1.165) is 23.5 Å². The molecule has 4 aliphatic rings. The number of nitrogens with zero attached hydrogens (tertiary/aromatic N) is 1. The third-order valence-corrected chi connectivity index (χ3v) is 4.82. The van der Waals surface area contributed by atoms with Crippen molar-refractivity contribution in [1.29, 1.82) is 0 Å². The lowest BCUT2D eigenvalue weighted by Gasteiger charge is -2.56. The van der Waals surface area contributed by atoms with Gasteiger partial charge in [-0.15, -0.1) is 0 Å². The number of hydrazone groups is 1. The molecule has 0 aromatic heterocycles. The summed E-state index contributed by atoms with van der Waals surface area (Å²) in [4.78, 5) is 0. The average molecular weight is 221 g/mol. The van der Waals surface area contributed by atoms with Gasteiger partial charge in [0.1, 0.15) is 0 Å². The van der Waals surface area contributed by atoms with Crippen molar-refractivity contribution in [3.8, 4) is 0 Å². The first-order valence-electron chi connectivity index (χ1n) is 6.69. The van der Waals surface area contributed by atoms with E-state index in [1.54, 1.807) is 0 Å². The highest BCUT2D eigenvalue weighted by atomic mass is 15.3. The first-order valence-corrected chi connectivity index (χ1v) is 6.69. The molecule has 0 atom stereocenters. The summed E-state index contributed by atoms with van der Waals surface area (Å²) in [6.07, 6.45) is 8.50. The fourth-order valence-electron chi connectivity index (χ4n) is 4.51. The van der Waals surface area contributed by atoms with Crippen molar-refractivity contribution >= 4 is 5.71 Å². The van der Waals surface area contributed by atoms with E-state index in [4.69, 9.17) is 5.73 Å². The molecule has 4 bridgehead atoms. The van der Waals surface area contributed by atoms with E-state index in [1.807, 2.05) is 6.92 Å². The molecular formula is C13H23N3. The van der Waals surface area contributed by atoms with E-state index in [1.165, 1.54) is 38.5 Å². The van der Waals surface area contributed by atoms with Crippen LogP contribution < -0.4 is 11.2 Å². The minimum Gasteiger partial charge on any atom is -0.325 e. The number of nitrogens with two attached hydrogens (primary N) is 1. The predicted molar refractivity (Wildman–Crippen MR) is 66.2 cm³/mol. The highest BCUT2D eigenvalue weighted by molar-refractivity contribution is 5.83. The lowest BCUT2D eigenvalue weighted by Crippen LogP contribution is -2.57. The van der Waals surface area contributed by atoms with Crippen LogP contribution in [0.5, 0.6) is 0 Å². The largest absolute Gasteiger partial charge is 0.325 e. The van der Waals surface area contributed by atoms with Crippen molar-refractivity contribution in [3.63, 3.8) is 0 Å². The highest BCUT2D eigenvalue weighted by Gasteiger charge is 2.50. The van der Waals surface area contributed by atoms with Crippen molar-refractivity contribution in [3.05, 3.63) is 0 Å². The first-order chi connectivity index (χ1) is 7.69. The fraction of sp³-hybridized carbons (Fsp3) is 0.923. The molecular weight excluding hydrogens is 198 g/mol. The Bertz CT molecular complexity index is 273. The molecule has 0 radical (unpaired) electrons. The van der Waals surface area contributed by atoms with Crippen LogP contribution in [0.15, 0.2) is 5.10 Å². The highest BCUT2D eigenvalue weighted by Crippen LogP contribution is 2.55. The van der Waals surface area contributed by atoms with Crippen LogP contribution in [0.4, 0.5) is 0 Å². The molecule has 3 N–H and O–H groups in total. The van der Waals surface area contributed by atoms with E-state index in [9.17, 15) is 0 Å². The molecule has 3 heteroatoms. The van der Waals surface area contributed by atoms with Gasteiger partial charge in [-0.3, -0.25) is 0 Å². The monoisotopic (exact) mass is 221 g/mol. The molecule has 4 rings (SSSR count). The summed E-state index contributed by atoms with van der Waals surface area (Å²) >= 11 is 0. The summed E-state index contributed by atoms with van der Waals surface area (Å²) in [6, 6.07) is 0. The van der Waals surface area contributed by atoms with Crippen LogP contribution in [0.25, 0.3) is 0 Å². The van der Waals surface area contributed by atoms with E-state index >= 15 is 0 Å². The van der Waals surface area contributed by atoms with E-state index in [0.29, 0.717) is 12.1 Å². The third kappa shape index (κ3) is 1.75. The Morgan fingerprint density at radius 1 is 1.19 bits per heavy atom. The predicted octanol–water partition coefficient (Wildman–Crippen LogP) is 1.88. The van der Waals surface area contributed by atoms with Crippen molar-refractivity contribution in [2.45, 2.75) is 51.0 Å². The van der Waals surface area contributed by atoms with E-state index < -0.39 is 0 Å². The lowest BCUT2D eigenvalue weighted by atomic mass is 9.53. The molecule has 0 spiro atoms. The maximum absolute atomic E-state index is 5.58. The Hall–Kier alpha value is -0.570. The third-order valence-electron chi connectivity index (χ3n) is 4.82. The Balaban J connectivity index is 1.73. The standard InChI is InChI=1S/C13H23N3/c1-9(8-14)15-16-13-5-10-2-11(6-13)4-12(3-10)7-13/h10-12,16H,2-8,14H2,1H3/b15-9-. The van der Waals surface area contributed by atoms with E-state index in [-0.39, 0.29) is 0 Å². The maximum Gasteiger partial charge on any atom is 0.0556 e. The number of nitrogens with one attached hydrogen (secondary N) is 1. The summed E-state index contributed by atoms with van der Waals surface area (Å²) < 4.78 is 0. The quantitative estimate of drug-likeness (QED) is 0.565. The van der Waals surface area contributed by atoms with Crippen LogP contribution in [0.2, 0.25) is 0 Å². The van der Waals surface area contributed by atoms with Crippen molar-refractivity contribution in [2.24, 2.45) is 28.6 Å². The molecule has 4 saturated carbocycles. The van der Waals surface area contributed by atoms with Crippen LogP contribution in [0.3, 0.4) is 0 Å². The molecule has 4 aliphatic carbocycles. The van der Waals surface area contributed by atoms with Crippen LogP contribution in [-0.2, 0) is 0 Å². The van der Waals surface area contributed by atoms with Gasteiger partial charge in [-0.2, -0.15) is 5.10 Å². The number of hydrogen-bond donors (Lipinski definition) is 2.